The van der Waals surface area contributed by atoms with E-state index < -0.39 is 11.9 Å². The van der Waals surface area contributed by atoms with E-state index in [4.69, 9.17) is 0 Å². The maximum atomic E-state index is 12.7. The number of nitrogens with zero attached hydrogens (tertiary/aromatic N) is 1. The van der Waals surface area contributed by atoms with Gasteiger partial charge in [0.2, 0.25) is 11.8 Å². The number of amides is 3. The van der Waals surface area contributed by atoms with Crippen LogP contribution in [0.4, 0.5) is 0 Å². The zero-order chi connectivity index (χ0) is 18.3. The van der Waals surface area contributed by atoms with Crippen molar-refractivity contribution in [2.75, 3.05) is 19.7 Å². The number of piperidine rings is 1. The van der Waals surface area contributed by atoms with E-state index in [-0.39, 0.29) is 30.4 Å². The Hall–Kier alpha value is -2.29. The molecule has 26 heavy (non-hydrogen) atoms. The highest BCUT2D eigenvalue weighted by Crippen LogP contribution is 2.28. The molecule has 3 heterocycles. The van der Waals surface area contributed by atoms with Crippen LogP contribution in [-0.2, 0) is 22.7 Å². The first-order chi connectivity index (χ1) is 12.5. The molecule has 4 rings (SSSR count). The second kappa shape index (κ2) is 6.46. The molecule has 1 aromatic carbocycles. The van der Waals surface area contributed by atoms with Crippen LogP contribution >= 0.6 is 0 Å². The molecule has 3 aliphatic heterocycles. The van der Waals surface area contributed by atoms with Gasteiger partial charge in [0.05, 0.1) is 12.1 Å². The van der Waals surface area contributed by atoms with E-state index >= 15 is 0 Å². The highest BCUT2D eigenvalue weighted by molar-refractivity contribution is 6.05. The van der Waals surface area contributed by atoms with Crippen LogP contribution in [0.1, 0.15) is 34.3 Å². The van der Waals surface area contributed by atoms with Crippen LogP contribution in [0.3, 0.4) is 0 Å². The average molecular weight is 358 g/mol. The number of benzene rings is 1. The molecule has 1 aromatic rings. The van der Waals surface area contributed by atoms with Crippen molar-refractivity contribution in [1.29, 1.82) is 0 Å². The van der Waals surface area contributed by atoms with E-state index in [0.29, 0.717) is 25.1 Å². The quantitative estimate of drug-likeness (QED) is 0.496. The van der Waals surface area contributed by atoms with Crippen LogP contribution < -0.4 is 16.0 Å². The Labute approximate surface area is 150 Å². The molecule has 2 saturated heterocycles. The SMILES string of the molecule is O=C1CCC(N2Cc3cc(CNC4(CO)CNC4)ccc3C2=O)C(=O)N1. The molecule has 138 valence electrons. The van der Waals surface area contributed by atoms with Crippen molar-refractivity contribution in [3.8, 4) is 0 Å². The number of fused-ring (bicyclic) bond motifs is 1. The molecule has 3 amide bonds. The highest BCUT2D eigenvalue weighted by Gasteiger charge is 2.39. The molecule has 0 aliphatic carbocycles. The lowest BCUT2D eigenvalue weighted by Crippen LogP contribution is -2.69. The average Bonchev–Trinajstić information content (AvgIpc) is 2.90. The number of aliphatic hydroxyl groups excluding tert-OH is 1. The monoisotopic (exact) mass is 358 g/mol. The predicted molar refractivity (Wildman–Crippen MR) is 92.0 cm³/mol. The fourth-order valence-corrected chi connectivity index (χ4v) is 3.75. The van der Waals surface area contributed by atoms with Gasteiger partial charge >= 0.3 is 0 Å². The summed E-state index contributed by atoms with van der Waals surface area (Å²) in [5, 5.41) is 18.3. The zero-order valence-electron chi connectivity index (χ0n) is 14.4. The summed E-state index contributed by atoms with van der Waals surface area (Å²) in [5.41, 5.74) is 2.26. The standard InChI is InChI=1S/C18H22N4O4/c23-10-18(8-19-9-18)20-6-11-1-2-13-12(5-11)7-22(17(13)26)14-3-4-15(24)21-16(14)25/h1-2,5,14,19-20,23H,3-4,6-10H2,(H,21,24,25). The van der Waals surface area contributed by atoms with Crippen molar-refractivity contribution in [3.05, 3.63) is 34.9 Å². The van der Waals surface area contributed by atoms with Crippen molar-refractivity contribution in [1.82, 2.24) is 20.9 Å². The number of hydrogen-bond donors (Lipinski definition) is 4. The van der Waals surface area contributed by atoms with Gasteiger partial charge in [0.25, 0.3) is 5.91 Å². The van der Waals surface area contributed by atoms with Gasteiger partial charge < -0.3 is 20.6 Å². The minimum atomic E-state index is -0.590. The minimum absolute atomic E-state index is 0.0761. The lowest BCUT2D eigenvalue weighted by Gasteiger charge is -2.42. The summed E-state index contributed by atoms with van der Waals surface area (Å²) in [5.74, 6) is -0.845. The fraction of sp³-hybridized carbons (Fsp3) is 0.500. The van der Waals surface area contributed by atoms with Crippen molar-refractivity contribution in [3.63, 3.8) is 0 Å². The number of nitrogens with one attached hydrogen (secondary N) is 3. The van der Waals surface area contributed by atoms with E-state index in [1.54, 1.807) is 11.0 Å². The van der Waals surface area contributed by atoms with Crippen LogP contribution in [-0.4, -0.2) is 59.0 Å². The van der Waals surface area contributed by atoms with Gasteiger partial charge in [-0.15, -0.1) is 0 Å². The van der Waals surface area contributed by atoms with E-state index in [9.17, 15) is 19.5 Å². The van der Waals surface area contributed by atoms with Crippen molar-refractivity contribution in [2.45, 2.75) is 37.5 Å². The van der Waals surface area contributed by atoms with Crippen LogP contribution in [0.25, 0.3) is 0 Å². The third kappa shape index (κ3) is 2.90. The van der Waals surface area contributed by atoms with Crippen molar-refractivity contribution in [2.24, 2.45) is 0 Å². The molecular weight excluding hydrogens is 336 g/mol. The first kappa shape index (κ1) is 17.1. The number of aliphatic hydroxyl groups is 1. The van der Waals surface area contributed by atoms with E-state index in [0.717, 1.165) is 24.2 Å². The number of carbonyl (C=O) groups excluding carboxylic acids is 3. The summed E-state index contributed by atoms with van der Waals surface area (Å²) < 4.78 is 0. The zero-order valence-corrected chi connectivity index (χ0v) is 14.4. The van der Waals surface area contributed by atoms with Gasteiger partial charge in [0.15, 0.2) is 0 Å². The molecule has 8 nitrogen and oxygen atoms in total. The number of carbonyl (C=O) groups is 3. The Balaban J connectivity index is 1.46. The van der Waals surface area contributed by atoms with Gasteiger partial charge in [-0.05, 0) is 23.6 Å². The molecule has 1 atom stereocenters. The Morgan fingerprint density at radius 1 is 1.27 bits per heavy atom. The van der Waals surface area contributed by atoms with Gasteiger partial charge in [-0.3, -0.25) is 19.7 Å². The predicted octanol–water partition coefficient (Wildman–Crippen LogP) is -1.13. The van der Waals surface area contributed by atoms with Crippen molar-refractivity contribution >= 4 is 17.7 Å². The lowest BCUT2D eigenvalue weighted by molar-refractivity contribution is -0.136. The molecule has 0 aromatic heterocycles. The van der Waals surface area contributed by atoms with Gasteiger partial charge in [-0.2, -0.15) is 0 Å². The molecule has 3 aliphatic rings. The minimum Gasteiger partial charge on any atom is -0.394 e. The van der Waals surface area contributed by atoms with Crippen LogP contribution in [0.2, 0.25) is 0 Å². The Morgan fingerprint density at radius 3 is 2.73 bits per heavy atom. The Morgan fingerprint density at radius 2 is 2.08 bits per heavy atom. The summed E-state index contributed by atoms with van der Waals surface area (Å²) in [6.45, 7) is 2.52. The maximum Gasteiger partial charge on any atom is 0.255 e. The second-order valence-electron chi connectivity index (χ2n) is 7.29. The summed E-state index contributed by atoms with van der Waals surface area (Å²) >= 11 is 0. The third-order valence-electron chi connectivity index (χ3n) is 5.48. The van der Waals surface area contributed by atoms with Gasteiger partial charge in [0, 0.05) is 38.2 Å². The van der Waals surface area contributed by atoms with Crippen LogP contribution in [0.15, 0.2) is 18.2 Å². The third-order valence-corrected chi connectivity index (χ3v) is 5.48. The number of rotatable bonds is 5. The van der Waals surface area contributed by atoms with Crippen molar-refractivity contribution < 1.29 is 19.5 Å². The van der Waals surface area contributed by atoms with E-state index in [1.807, 2.05) is 12.1 Å². The molecule has 0 saturated carbocycles. The normalized spacial score (nSPS) is 24.3. The molecule has 0 radical (unpaired) electrons. The molecule has 2 fully saturated rings. The smallest absolute Gasteiger partial charge is 0.255 e. The molecule has 0 bridgehead atoms. The van der Waals surface area contributed by atoms with Gasteiger partial charge in [-0.1, -0.05) is 12.1 Å². The molecule has 4 N–H and O–H groups in total. The summed E-state index contributed by atoms with van der Waals surface area (Å²) in [6.07, 6.45) is 0.619. The number of hydrogen-bond acceptors (Lipinski definition) is 6. The molecule has 0 spiro atoms. The molecular formula is C18H22N4O4. The van der Waals surface area contributed by atoms with E-state index in [2.05, 4.69) is 16.0 Å². The summed E-state index contributed by atoms with van der Waals surface area (Å²) in [4.78, 5) is 37.6. The molecule has 8 heteroatoms. The summed E-state index contributed by atoms with van der Waals surface area (Å²) in [7, 11) is 0. The van der Waals surface area contributed by atoms with Gasteiger partial charge in [0.1, 0.15) is 6.04 Å². The Bertz CT molecular complexity index is 769. The first-order valence-corrected chi connectivity index (χ1v) is 8.84. The van der Waals surface area contributed by atoms with E-state index in [1.165, 1.54) is 0 Å². The first-order valence-electron chi connectivity index (χ1n) is 8.84. The maximum absolute atomic E-state index is 12.7. The largest absolute Gasteiger partial charge is 0.394 e. The number of imide groups is 1. The second-order valence-corrected chi connectivity index (χ2v) is 7.29. The van der Waals surface area contributed by atoms with Gasteiger partial charge in [-0.25, -0.2) is 0 Å². The molecule has 1 unspecified atom stereocenters. The topological polar surface area (TPSA) is 111 Å². The van der Waals surface area contributed by atoms with Crippen LogP contribution in [0, 0.1) is 0 Å². The Kier molecular flexibility index (Phi) is 4.26. The van der Waals surface area contributed by atoms with Crippen LogP contribution in [0.5, 0.6) is 0 Å². The lowest BCUT2D eigenvalue weighted by atomic mass is 9.93. The highest BCUT2D eigenvalue weighted by atomic mass is 16.3. The summed E-state index contributed by atoms with van der Waals surface area (Å²) in [6, 6.07) is 5.08. The fourth-order valence-electron chi connectivity index (χ4n) is 3.75.